The summed E-state index contributed by atoms with van der Waals surface area (Å²) in [4.78, 5) is 12.7. The fraction of sp³-hybridized carbons (Fsp3) is 0.348. The molecule has 0 saturated carbocycles. The highest BCUT2D eigenvalue weighted by molar-refractivity contribution is 7.99. The standard InChI is InChI=1S/C23H26N4OS/c1-3-5-9-20-25-26-23(27(20)14-4-2)29-15-21(28)24-19-13-12-17-11-10-16-7-6-8-18(19)22(16)17/h4,6-8,12-13H,2-3,5,9-11,14-15H2,1H3,(H,24,28). The van der Waals surface area contributed by atoms with E-state index in [2.05, 4.69) is 57.8 Å². The van der Waals surface area contributed by atoms with Crippen molar-refractivity contribution < 1.29 is 4.79 Å². The van der Waals surface area contributed by atoms with Gasteiger partial charge in [-0.1, -0.05) is 55.4 Å². The minimum absolute atomic E-state index is 0.0306. The monoisotopic (exact) mass is 406 g/mol. The summed E-state index contributed by atoms with van der Waals surface area (Å²) >= 11 is 1.42. The van der Waals surface area contributed by atoms with Crippen molar-refractivity contribution in [3.63, 3.8) is 0 Å². The van der Waals surface area contributed by atoms with Crippen LogP contribution in [0.15, 0.2) is 48.1 Å². The normalized spacial score (nSPS) is 12.4. The zero-order chi connectivity index (χ0) is 20.2. The van der Waals surface area contributed by atoms with Crippen molar-refractivity contribution in [2.24, 2.45) is 0 Å². The third kappa shape index (κ3) is 4.08. The number of carbonyl (C=O) groups excluding carboxylic acids is 1. The summed E-state index contributed by atoms with van der Waals surface area (Å²) in [5.41, 5.74) is 3.63. The topological polar surface area (TPSA) is 59.8 Å². The molecule has 4 rings (SSSR count). The molecule has 2 aromatic carbocycles. The molecule has 0 bridgehead atoms. The zero-order valence-electron chi connectivity index (χ0n) is 16.8. The maximum absolute atomic E-state index is 12.7. The van der Waals surface area contributed by atoms with E-state index in [1.54, 1.807) is 0 Å². The van der Waals surface area contributed by atoms with Crippen LogP contribution in [0.1, 0.15) is 36.7 Å². The highest BCUT2D eigenvalue weighted by Crippen LogP contribution is 2.35. The van der Waals surface area contributed by atoms with Gasteiger partial charge in [0.15, 0.2) is 5.16 Å². The van der Waals surface area contributed by atoms with Crippen molar-refractivity contribution in [3.8, 4) is 0 Å². The lowest BCUT2D eigenvalue weighted by molar-refractivity contribution is -0.113. The van der Waals surface area contributed by atoms with E-state index in [0.717, 1.165) is 54.2 Å². The Labute approximate surface area is 175 Å². The van der Waals surface area contributed by atoms with Gasteiger partial charge in [0.25, 0.3) is 0 Å². The summed E-state index contributed by atoms with van der Waals surface area (Å²) in [6, 6.07) is 10.5. The fourth-order valence-corrected chi connectivity index (χ4v) is 4.70. The lowest BCUT2D eigenvalue weighted by Gasteiger charge is -2.11. The van der Waals surface area contributed by atoms with Gasteiger partial charge in [-0.05, 0) is 41.8 Å². The second kappa shape index (κ2) is 8.82. The zero-order valence-corrected chi connectivity index (χ0v) is 17.6. The van der Waals surface area contributed by atoms with E-state index in [1.807, 2.05) is 12.1 Å². The molecule has 0 radical (unpaired) electrons. The minimum Gasteiger partial charge on any atom is -0.325 e. The first-order chi connectivity index (χ1) is 14.2. The third-order valence-corrected chi connectivity index (χ3v) is 6.31. The maximum atomic E-state index is 12.7. The number of hydrogen-bond donors (Lipinski definition) is 1. The molecule has 0 saturated heterocycles. The van der Waals surface area contributed by atoms with Gasteiger partial charge in [-0.2, -0.15) is 0 Å². The van der Waals surface area contributed by atoms with E-state index < -0.39 is 0 Å². The molecule has 5 nitrogen and oxygen atoms in total. The lowest BCUT2D eigenvalue weighted by atomic mass is 10.0. The Morgan fingerprint density at radius 1 is 1.24 bits per heavy atom. The van der Waals surface area contributed by atoms with Gasteiger partial charge in [0.05, 0.1) is 5.75 Å². The smallest absolute Gasteiger partial charge is 0.234 e. The van der Waals surface area contributed by atoms with Crippen LogP contribution in [0.5, 0.6) is 0 Å². The summed E-state index contributed by atoms with van der Waals surface area (Å²) in [5, 5.41) is 14.9. The molecular formula is C23H26N4OS. The van der Waals surface area contributed by atoms with Crippen LogP contribution in [-0.2, 0) is 30.6 Å². The van der Waals surface area contributed by atoms with Gasteiger partial charge < -0.3 is 9.88 Å². The summed E-state index contributed by atoms with van der Waals surface area (Å²) in [6.07, 6.45) is 7.09. The molecule has 1 N–H and O–H groups in total. The Morgan fingerprint density at radius 2 is 2.07 bits per heavy atom. The van der Waals surface area contributed by atoms with Crippen LogP contribution in [0.3, 0.4) is 0 Å². The molecular weight excluding hydrogens is 380 g/mol. The van der Waals surface area contributed by atoms with Crippen molar-refractivity contribution >= 4 is 34.1 Å². The number of allylic oxidation sites excluding steroid dienone is 1. The number of aromatic nitrogens is 3. The van der Waals surface area contributed by atoms with E-state index in [1.165, 1.54) is 28.3 Å². The van der Waals surface area contributed by atoms with Crippen molar-refractivity contribution in [1.29, 1.82) is 0 Å². The molecule has 0 fully saturated rings. The number of anilines is 1. The van der Waals surface area contributed by atoms with Crippen LogP contribution in [-0.4, -0.2) is 26.4 Å². The minimum atomic E-state index is -0.0306. The van der Waals surface area contributed by atoms with Crippen LogP contribution >= 0.6 is 11.8 Å². The molecule has 1 aliphatic rings. The quantitative estimate of drug-likeness (QED) is 0.410. The average molecular weight is 407 g/mol. The molecule has 3 aromatic rings. The molecule has 0 unspecified atom stereocenters. The van der Waals surface area contributed by atoms with E-state index in [9.17, 15) is 4.79 Å². The van der Waals surface area contributed by atoms with Gasteiger partial charge in [-0.15, -0.1) is 16.8 Å². The molecule has 1 aromatic heterocycles. The number of nitrogens with one attached hydrogen (secondary N) is 1. The van der Waals surface area contributed by atoms with Crippen LogP contribution in [0, 0.1) is 0 Å². The number of benzene rings is 2. The van der Waals surface area contributed by atoms with Crippen LogP contribution in [0.4, 0.5) is 5.69 Å². The number of unbranched alkanes of at least 4 members (excludes halogenated alkanes) is 1. The van der Waals surface area contributed by atoms with Gasteiger partial charge >= 0.3 is 0 Å². The summed E-state index contributed by atoms with van der Waals surface area (Å²) in [5.74, 6) is 1.23. The third-order valence-electron chi connectivity index (χ3n) is 5.34. The summed E-state index contributed by atoms with van der Waals surface area (Å²) < 4.78 is 2.06. The van der Waals surface area contributed by atoms with Gasteiger partial charge in [0.2, 0.25) is 5.91 Å². The van der Waals surface area contributed by atoms with Gasteiger partial charge in [0.1, 0.15) is 5.82 Å². The molecule has 0 aliphatic heterocycles. The van der Waals surface area contributed by atoms with Crippen molar-refractivity contribution in [2.45, 2.75) is 50.7 Å². The molecule has 1 amide bonds. The molecule has 1 aliphatic carbocycles. The highest BCUT2D eigenvalue weighted by atomic mass is 32.2. The number of amides is 1. The number of aryl methyl sites for hydroxylation is 3. The van der Waals surface area contributed by atoms with Gasteiger partial charge in [-0.25, -0.2) is 0 Å². The Balaban J connectivity index is 1.46. The lowest BCUT2D eigenvalue weighted by Crippen LogP contribution is -2.15. The fourth-order valence-electron chi connectivity index (χ4n) is 3.93. The van der Waals surface area contributed by atoms with Crippen molar-refractivity contribution in [1.82, 2.24) is 14.8 Å². The SMILES string of the molecule is C=CCn1c(CCCC)nnc1SCC(=O)Nc1ccc2c3c(cccc13)CC2. The predicted octanol–water partition coefficient (Wildman–Crippen LogP) is 4.79. The van der Waals surface area contributed by atoms with Crippen LogP contribution < -0.4 is 5.32 Å². The second-order valence-corrected chi connectivity index (χ2v) is 8.29. The first kappa shape index (κ1) is 19.7. The Bertz CT molecular complexity index is 1050. The summed E-state index contributed by atoms with van der Waals surface area (Å²) in [6.45, 7) is 6.65. The molecule has 29 heavy (non-hydrogen) atoms. The van der Waals surface area contributed by atoms with Crippen LogP contribution in [0.25, 0.3) is 10.8 Å². The molecule has 1 heterocycles. The van der Waals surface area contributed by atoms with E-state index in [-0.39, 0.29) is 5.91 Å². The number of hydrogen-bond acceptors (Lipinski definition) is 4. The van der Waals surface area contributed by atoms with Crippen molar-refractivity contribution in [3.05, 3.63) is 59.9 Å². The van der Waals surface area contributed by atoms with Gasteiger partial charge in [-0.3, -0.25) is 4.79 Å². The number of rotatable bonds is 9. The number of nitrogens with zero attached hydrogens (tertiary/aromatic N) is 3. The van der Waals surface area contributed by atoms with Crippen LogP contribution in [0.2, 0.25) is 0 Å². The average Bonchev–Trinajstić information content (AvgIpc) is 3.32. The molecule has 6 heteroatoms. The van der Waals surface area contributed by atoms with E-state index in [0.29, 0.717) is 12.3 Å². The Morgan fingerprint density at radius 3 is 2.86 bits per heavy atom. The number of carbonyl (C=O) groups is 1. The molecule has 0 atom stereocenters. The van der Waals surface area contributed by atoms with E-state index >= 15 is 0 Å². The first-order valence-electron chi connectivity index (χ1n) is 10.2. The molecule has 0 spiro atoms. The molecule has 150 valence electrons. The Hall–Kier alpha value is -2.60. The highest BCUT2D eigenvalue weighted by Gasteiger charge is 2.17. The second-order valence-electron chi connectivity index (χ2n) is 7.35. The maximum Gasteiger partial charge on any atom is 0.234 e. The van der Waals surface area contributed by atoms with Gasteiger partial charge in [0, 0.05) is 24.0 Å². The number of thioether (sulfide) groups is 1. The van der Waals surface area contributed by atoms with E-state index in [4.69, 9.17) is 0 Å². The first-order valence-corrected chi connectivity index (χ1v) is 11.2. The van der Waals surface area contributed by atoms with Crippen molar-refractivity contribution in [2.75, 3.05) is 11.1 Å². The predicted molar refractivity (Wildman–Crippen MR) is 120 cm³/mol. The Kier molecular flexibility index (Phi) is 6.00. The summed E-state index contributed by atoms with van der Waals surface area (Å²) in [7, 11) is 0. The largest absolute Gasteiger partial charge is 0.325 e.